The zero-order valence-electron chi connectivity index (χ0n) is 14.2. The first-order valence-electron chi connectivity index (χ1n) is 7.66. The van der Waals surface area contributed by atoms with Gasteiger partial charge in [-0.05, 0) is 62.6 Å². The molecule has 0 amide bonds. The van der Waals surface area contributed by atoms with Crippen LogP contribution in [-0.4, -0.2) is 45.2 Å². The van der Waals surface area contributed by atoms with Crippen LogP contribution >= 0.6 is 0 Å². The molecule has 0 saturated carbocycles. The summed E-state index contributed by atoms with van der Waals surface area (Å²) in [6.45, 7) is 1.54. The molecule has 0 radical (unpaired) electrons. The van der Waals surface area contributed by atoms with E-state index in [9.17, 15) is 4.79 Å². The molecule has 24 heavy (non-hydrogen) atoms. The Hall–Kier alpha value is -2.77. The van der Waals surface area contributed by atoms with Crippen molar-refractivity contribution in [2.45, 2.75) is 0 Å². The lowest BCUT2D eigenvalue weighted by molar-refractivity contribution is 0.0600. The molecule has 2 aromatic carbocycles. The molecule has 4 heteroatoms. The fraction of sp³-hybridized carbons (Fsp3) is 0.250. The zero-order valence-corrected chi connectivity index (χ0v) is 14.2. The molecular formula is C20H21NO3. The molecule has 124 valence electrons. The predicted octanol–water partition coefficient (Wildman–Crippen LogP) is 2.81. The third kappa shape index (κ3) is 5.45. The zero-order chi connectivity index (χ0) is 17.4. The molecule has 0 aliphatic heterocycles. The molecule has 4 nitrogen and oxygen atoms in total. The molecule has 0 heterocycles. The number of carbonyl (C=O) groups excluding carboxylic acids is 1. The van der Waals surface area contributed by atoms with Crippen LogP contribution in [-0.2, 0) is 4.74 Å². The average molecular weight is 323 g/mol. The average Bonchev–Trinajstić information content (AvgIpc) is 2.60. The van der Waals surface area contributed by atoms with Crippen molar-refractivity contribution in [3.63, 3.8) is 0 Å². The van der Waals surface area contributed by atoms with Crippen LogP contribution < -0.4 is 4.74 Å². The smallest absolute Gasteiger partial charge is 0.337 e. The molecule has 0 spiro atoms. The molecule has 0 aliphatic carbocycles. The first kappa shape index (κ1) is 17.6. The number of methoxy groups -OCH3 is 1. The highest BCUT2D eigenvalue weighted by molar-refractivity contribution is 5.89. The van der Waals surface area contributed by atoms with Crippen LogP contribution in [0.15, 0.2) is 48.5 Å². The summed E-state index contributed by atoms with van der Waals surface area (Å²) in [4.78, 5) is 13.5. The molecule has 2 aromatic rings. The first-order valence-corrected chi connectivity index (χ1v) is 7.66. The Balaban J connectivity index is 1.96. The summed E-state index contributed by atoms with van der Waals surface area (Å²) in [6, 6.07) is 14.7. The van der Waals surface area contributed by atoms with Crippen LogP contribution in [0, 0.1) is 11.8 Å². The molecule has 0 saturated heterocycles. The van der Waals surface area contributed by atoms with Crippen LogP contribution in [0.25, 0.3) is 0 Å². The minimum atomic E-state index is -0.348. The van der Waals surface area contributed by atoms with Gasteiger partial charge in [0.1, 0.15) is 12.4 Å². The molecule has 2 rings (SSSR count). The first-order chi connectivity index (χ1) is 11.6. The third-order valence-corrected chi connectivity index (χ3v) is 3.32. The van der Waals surface area contributed by atoms with Crippen LogP contribution in [0.5, 0.6) is 5.75 Å². The van der Waals surface area contributed by atoms with Gasteiger partial charge in [-0.1, -0.05) is 11.8 Å². The van der Waals surface area contributed by atoms with Crippen LogP contribution in [0.3, 0.4) is 0 Å². The number of benzene rings is 2. The summed E-state index contributed by atoms with van der Waals surface area (Å²) in [7, 11) is 5.39. The number of likely N-dealkylation sites (N-methyl/N-ethyl adjacent to an activating group) is 1. The fourth-order valence-corrected chi connectivity index (χ4v) is 1.93. The minimum absolute atomic E-state index is 0.348. The lowest BCUT2D eigenvalue weighted by Gasteiger charge is -2.10. The van der Waals surface area contributed by atoms with Gasteiger partial charge in [0.05, 0.1) is 12.7 Å². The number of carbonyl (C=O) groups is 1. The van der Waals surface area contributed by atoms with Crippen molar-refractivity contribution < 1.29 is 14.3 Å². The van der Waals surface area contributed by atoms with Gasteiger partial charge in [0.15, 0.2) is 0 Å². The van der Waals surface area contributed by atoms with Crippen molar-refractivity contribution in [3.05, 3.63) is 65.2 Å². The number of hydrogen-bond donors (Lipinski definition) is 0. The molecule has 0 aliphatic rings. The van der Waals surface area contributed by atoms with Gasteiger partial charge in [-0.15, -0.1) is 0 Å². The van der Waals surface area contributed by atoms with E-state index in [-0.39, 0.29) is 5.97 Å². The highest BCUT2D eigenvalue weighted by Crippen LogP contribution is 2.12. The van der Waals surface area contributed by atoms with Gasteiger partial charge in [-0.2, -0.15) is 0 Å². The second-order valence-corrected chi connectivity index (χ2v) is 5.50. The van der Waals surface area contributed by atoms with E-state index in [1.807, 2.05) is 38.4 Å². The lowest BCUT2D eigenvalue weighted by Crippen LogP contribution is -2.19. The summed E-state index contributed by atoms with van der Waals surface area (Å²) >= 11 is 0. The molecule has 0 bridgehead atoms. The van der Waals surface area contributed by atoms with Crippen molar-refractivity contribution in [3.8, 4) is 17.6 Å². The Bertz CT molecular complexity index is 722. The summed E-state index contributed by atoms with van der Waals surface area (Å²) in [5.41, 5.74) is 2.27. The second-order valence-electron chi connectivity index (χ2n) is 5.50. The van der Waals surface area contributed by atoms with E-state index in [0.717, 1.165) is 23.4 Å². The number of rotatable bonds is 5. The maximum Gasteiger partial charge on any atom is 0.337 e. The number of hydrogen-bond acceptors (Lipinski definition) is 4. The molecule has 0 fully saturated rings. The summed E-state index contributed by atoms with van der Waals surface area (Å²) in [5.74, 6) is 6.66. The topological polar surface area (TPSA) is 38.8 Å². The van der Waals surface area contributed by atoms with E-state index in [0.29, 0.717) is 12.2 Å². The van der Waals surface area contributed by atoms with Crippen molar-refractivity contribution in [1.82, 2.24) is 4.90 Å². The van der Waals surface area contributed by atoms with Gasteiger partial charge >= 0.3 is 5.97 Å². The molecule has 0 aromatic heterocycles. The maximum absolute atomic E-state index is 11.4. The molecule has 0 unspecified atom stereocenters. The van der Waals surface area contributed by atoms with Crippen LogP contribution in [0.2, 0.25) is 0 Å². The van der Waals surface area contributed by atoms with E-state index in [1.165, 1.54) is 7.11 Å². The molecule has 0 atom stereocenters. The summed E-state index contributed by atoms with van der Waals surface area (Å²) < 4.78 is 10.3. The van der Waals surface area contributed by atoms with Gasteiger partial charge < -0.3 is 14.4 Å². The van der Waals surface area contributed by atoms with Crippen molar-refractivity contribution in [2.24, 2.45) is 0 Å². The van der Waals surface area contributed by atoms with E-state index in [1.54, 1.807) is 24.3 Å². The van der Waals surface area contributed by atoms with Gasteiger partial charge in [0.2, 0.25) is 0 Å². The number of ether oxygens (including phenoxy) is 2. The van der Waals surface area contributed by atoms with E-state index in [2.05, 4.69) is 21.5 Å². The van der Waals surface area contributed by atoms with E-state index in [4.69, 9.17) is 4.74 Å². The third-order valence-electron chi connectivity index (χ3n) is 3.32. The van der Waals surface area contributed by atoms with Crippen LogP contribution in [0.1, 0.15) is 21.5 Å². The highest BCUT2D eigenvalue weighted by Gasteiger charge is 2.03. The van der Waals surface area contributed by atoms with Crippen molar-refractivity contribution in [1.29, 1.82) is 0 Å². The fourth-order valence-electron chi connectivity index (χ4n) is 1.93. The molecular weight excluding hydrogens is 302 g/mol. The van der Waals surface area contributed by atoms with Crippen molar-refractivity contribution in [2.75, 3.05) is 34.4 Å². The lowest BCUT2D eigenvalue weighted by atomic mass is 10.1. The van der Waals surface area contributed by atoms with Gasteiger partial charge in [-0.3, -0.25) is 0 Å². The van der Waals surface area contributed by atoms with E-state index >= 15 is 0 Å². The monoisotopic (exact) mass is 323 g/mol. The minimum Gasteiger partial charge on any atom is -0.492 e. The normalized spacial score (nSPS) is 10.0. The Kier molecular flexibility index (Phi) is 6.41. The Morgan fingerprint density at radius 3 is 2.00 bits per heavy atom. The quantitative estimate of drug-likeness (QED) is 0.626. The Morgan fingerprint density at radius 1 is 0.958 bits per heavy atom. The Morgan fingerprint density at radius 2 is 1.50 bits per heavy atom. The van der Waals surface area contributed by atoms with E-state index < -0.39 is 0 Å². The predicted molar refractivity (Wildman–Crippen MR) is 94.3 cm³/mol. The van der Waals surface area contributed by atoms with Crippen molar-refractivity contribution >= 4 is 5.97 Å². The summed E-state index contributed by atoms with van der Waals surface area (Å²) in [6.07, 6.45) is 0. The van der Waals surface area contributed by atoms with Crippen LogP contribution in [0.4, 0.5) is 0 Å². The largest absolute Gasteiger partial charge is 0.492 e. The van der Waals surface area contributed by atoms with Gasteiger partial charge in [-0.25, -0.2) is 4.79 Å². The number of esters is 1. The van der Waals surface area contributed by atoms with Gasteiger partial charge in [0, 0.05) is 17.7 Å². The van der Waals surface area contributed by atoms with Gasteiger partial charge in [0.25, 0.3) is 0 Å². The summed E-state index contributed by atoms with van der Waals surface area (Å²) in [5, 5.41) is 0. The standard InChI is InChI=1S/C20H21NO3/c1-21(2)14-15-24-19-12-8-17(9-13-19)5-4-16-6-10-18(11-7-16)20(22)23-3/h6-13H,14-15H2,1-3H3. The highest BCUT2D eigenvalue weighted by atomic mass is 16.5. The number of nitrogens with zero attached hydrogens (tertiary/aromatic N) is 1. The SMILES string of the molecule is COC(=O)c1ccc(C#Cc2ccc(OCCN(C)C)cc2)cc1. The second kappa shape index (κ2) is 8.76. The maximum atomic E-state index is 11.4. The Labute approximate surface area is 143 Å². The molecule has 0 N–H and O–H groups in total.